The molecule has 0 bridgehead atoms. The Kier molecular flexibility index (Phi) is 11.5. The number of hydrogen-bond acceptors (Lipinski definition) is 10. The summed E-state index contributed by atoms with van der Waals surface area (Å²) in [6.45, 7) is 9.70. The van der Waals surface area contributed by atoms with Crippen LogP contribution in [0, 0.1) is 0 Å². The molecule has 0 aliphatic carbocycles. The van der Waals surface area contributed by atoms with Crippen molar-refractivity contribution >= 4 is 67.0 Å². The monoisotopic (exact) mass is 822 g/mol. The lowest BCUT2D eigenvalue weighted by Crippen LogP contribution is -2.11. The average molecular weight is 823 g/mol. The van der Waals surface area contributed by atoms with Gasteiger partial charge in [0.05, 0.1) is 11.1 Å². The van der Waals surface area contributed by atoms with E-state index in [9.17, 15) is 19.2 Å². The summed E-state index contributed by atoms with van der Waals surface area (Å²) in [5.74, 6) is -0.768. The van der Waals surface area contributed by atoms with Crippen LogP contribution in [-0.4, -0.2) is 37.5 Å². The summed E-state index contributed by atoms with van der Waals surface area (Å²) in [7, 11) is 0. The Hall–Kier alpha value is -8.24. The van der Waals surface area contributed by atoms with Crippen LogP contribution in [0.25, 0.3) is 54.2 Å². The van der Waals surface area contributed by atoms with Crippen LogP contribution in [0.5, 0.6) is 23.0 Å². The maximum atomic E-state index is 14.0. The molecular formula is C52H38O10. The topological polar surface area (TPSA) is 124 Å². The summed E-state index contributed by atoms with van der Waals surface area (Å²) in [5.41, 5.74) is 2.31. The first kappa shape index (κ1) is 40.5. The number of ether oxygens (including phenoxy) is 6. The van der Waals surface area contributed by atoms with Gasteiger partial charge in [0, 0.05) is 22.3 Å². The van der Waals surface area contributed by atoms with Crippen molar-refractivity contribution in [3.05, 3.63) is 181 Å². The van der Waals surface area contributed by atoms with E-state index >= 15 is 0 Å². The molecule has 10 nitrogen and oxygen atoms in total. The predicted octanol–water partition coefficient (Wildman–Crippen LogP) is 11.3. The van der Waals surface area contributed by atoms with Gasteiger partial charge in [0.25, 0.3) is 0 Å². The summed E-state index contributed by atoms with van der Waals surface area (Å²) >= 11 is 0. The minimum absolute atomic E-state index is 0.270. The quantitative estimate of drug-likeness (QED) is 0.0480. The van der Waals surface area contributed by atoms with Crippen LogP contribution < -0.4 is 18.9 Å². The molecule has 0 saturated carbocycles. The highest BCUT2D eigenvalue weighted by Gasteiger charge is 2.23. The van der Waals surface area contributed by atoms with E-state index in [-0.39, 0.29) is 36.2 Å². The van der Waals surface area contributed by atoms with Crippen molar-refractivity contribution in [1.29, 1.82) is 0 Å². The van der Waals surface area contributed by atoms with Gasteiger partial charge in [-0.3, -0.25) is 0 Å². The van der Waals surface area contributed by atoms with Crippen LogP contribution in [0.15, 0.2) is 170 Å². The number of carbonyl (C=O) groups excluding carboxylic acids is 4. The second-order valence-electron chi connectivity index (χ2n) is 14.5. The minimum atomic E-state index is -0.591. The average Bonchev–Trinajstić information content (AvgIpc) is 3.28. The summed E-state index contributed by atoms with van der Waals surface area (Å²) in [6.07, 6.45) is 0. The number of rotatable bonds is 13. The molecule has 8 aromatic rings. The Morgan fingerprint density at radius 1 is 0.435 bits per heavy atom. The van der Waals surface area contributed by atoms with Crippen molar-refractivity contribution in [3.8, 4) is 34.1 Å². The summed E-state index contributed by atoms with van der Waals surface area (Å²) in [4.78, 5) is 51.5. The van der Waals surface area contributed by atoms with Gasteiger partial charge in [-0.15, -0.1) is 0 Å². The molecule has 0 atom stereocenters. The molecule has 0 saturated heterocycles. The lowest BCUT2D eigenvalue weighted by Gasteiger charge is -2.19. The predicted molar refractivity (Wildman–Crippen MR) is 238 cm³/mol. The van der Waals surface area contributed by atoms with E-state index in [0.717, 1.165) is 43.1 Å². The first-order valence-electron chi connectivity index (χ1n) is 19.5. The van der Waals surface area contributed by atoms with E-state index < -0.39 is 23.9 Å². The molecule has 0 aliphatic rings. The molecule has 0 radical (unpaired) electrons. The fourth-order valence-electron chi connectivity index (χ4n) is 6.94. The first-order chi connectivity index (χ1) is 30.0. The van der Waals surface area contributed by atoms with Crippen molar-refractivity contribution in [2.75, 3.05) is 13.6 Å². The number of carbonyl (C=O) groups is 4. The third kappa shape index (κ3) is 8.71. The van der Waals surface area contributed by atoms with E-state index in [4.69, 9.17) is 28.4 Å². The Morgan fingerprint density at radius 2 is 0.806 bits per heavy atom. The van der Waals surface area contributed by atoms with Gasteiger partial charge in [-0.1, -0.05) is 98.1 Å². The van der Waals surface area contributed by atoms with Crippen molar-refractivity contribution in [1.82, 2.24) is 0 Å². The van der Waals surface area contributed by atoms with Crippen LogP contribution in [0.3, 0.4) is 0 Å². The molecule has 0 spiro atoms. The molecule has 8 rings (SSSR count). The lowest BCUT2D eigenvalue weighted by atomic mass is 9.92. The highest BCUT2D eigenvalue weighted by molar-refractivity contribution is 6.11. The number of benzene rings is 8. The second kappa shape index (κ2) is 17.5. The molecule has 62 heavy (non-hydrogen) atoms. The molecule has 0 aromatic heterocycles. The largest absolute Gasteiger partial charge is 0.457 e. The zero-order valence-electron chi connectivity index (χ0n) is 33.8. The van der Waals surface area contributed by atoms with E-state index in [1.165, 1.54) is 0 Å². The smallest absolute Gasteiger partial charge is 0.343 e. The van der Waals surface area contributed by atoms with Gasteiger partial charge < -0.3 is 28.4 Å². The molecule has 0 aliphatic heterocycles. The number of fused-ring (bicyclic) bond motifs is 4. The normalized spacial score (nSPS) is 10.9. The molecule has 0 unspecified atom stereocenters. The second-order valence-corrected chi connectivity index (χ2v) is 14.5. The van der Waals surface area contributed by atoms with Crippen LogP contribution >= 0.6 is 0 Å². The molecule has 8 aromatic carbocycles. The molecule has 0 N–H and O–H groups in total. The third-order valence-electron chi connectivity index (χ3n) is 10.1. The van der Waals surface area contributed by atoms with E-state index in [2.05, 4.69) is 13.2 Å². The van der Waals surface area contributed by atoms with Gasteiger partial charge in [0.1, 0.15) is 23.0 Å². The van der Waals surface area contributed by atoms with E-state index in [1.54, 1.807) is 98.8 Å². The van der Waals surface area contributed by atoms with Crippen LogP contribution in [-0.2, 0) is 19.1 Å². The Bertz CT molecular complexity index is 2920. The van der Waals surface area contributed by atoms with Crippen LogP contribution in [0.1, 0.15) is 34.6 Å². The highest BCUT2D eigenvalue weighted by Crippen LogP contribution is 2.46. The van der Waals surface area contributed by atoms with Crippen molar-refractivity contribution in [3.63, 3.8) is 0 Å². The van der Waals surface area contributed by atoms with Crippen molar-refractivity contribution in [2.24, 2.45) is 0 Å². The lowest BCUT2D eigenvalue weighted by molar-refractivity contribution is -0.146. The Morgan fingerprint density at radius 3 is 1.23 bits per heavy atom. The highest BCUT2D eigenvalue weighted by atomic mass is 16.7. The molecular weight excluding hydrogens is 785 g/mol. The fraction of sp³-hybridized carbons (Fsp3) is 0.0769. The summed E-state index contributed by atoms with van der Waals surface area (Å²) in [5, 5.41) is 6.45. The Labute approximate surface area is 356 Å². The minimum Gasteiger partial charge on any atom is -0.457 e. The molecule has 0 fully saturated rings. The maximum absolute atomic E-state index is 14.0. The van der Waals surface area contributed by atoms with Gasteiger partial charge in [-0.2, -0.15) is 0 Å². The first-order valence-corrected chi connectivity index (χ1v) is 19.5. The third-order valence-corrected chi connectivity index (χ3v) is 10.1. The molecule has 0 amide bonds. The number of hydrogen-bond donors (Lipinski definition) is 0. The van der Waals surface area contributed by atoms with Crippen LogP contribution in [0.4, 0.5) is 0 Å². The zero-order chi connectivity index (χ0) is 43.3. The molecule has 10 heteroatoms. The fourth-order valence-corrected chi connectivity index (χ4v) is 6.94. The van der Waals surface area contributed by atoms with Gasteiger partial charge in [-0.05, 0) is 118 Å². The van der Waals surface area contributed by atoms with Gasteiger partial charge in [0.15, 0.2) is 0 Å². The molecule has 0 heterocycles. The van der Waals surface area contributed by atoms with Gasteiger partial charge >= 0.3 is 23.9 Å². The standard InChI is InChI=1S/C52H38O10/c1-31(2)49(53)59-29-57-41-21-17-35-25-39(15-13-37(35)27-41)51(55)61-45-23-19-33-9-5-7-11-43(33)47(45)48-44-12-8-6-10-34(44)20-24-46(48)62-52(56)40-16-14-38-28-42(22-18-36(38)26-40)58-30-60-50(54)32(3)4/h5-28H,1,3,29-30H2,2,4H3. The molecule has 306 valence electrons. The van der Waals surface area contributed by atoms with E-state index in [0.29, 0.717) is 33.8 Å². The van der Waals surface area contributed by atoms with Crippen molar-refractivity contribution in [2.45, 2.75) is 13.8 Å². The van der Waals surface area contributed by atoms with Gasteiger partial charge in [-0.25, -0.2) is 19.2 Å². The SMILES string of the molecule is C=C(C)C(=O)OCOc1ccc2cc(C(=O)Oc3ccc4ccccc4c3-c3c(OC(=O)c4ccc5cc(OCOC(=O)C(=C)C)ccc5c4)ccc4ccccc34)ccc2c1. The van der Waals surface area contributed by atoms with Crippen LogP contribution in [0.2, 0.25) is 0 Å². The van der Waals surface area contributed by atoms with Gasteiger partial charge in [0.2, 0.25) is 13.6 Å². The summed E-state index contributed by atoms with van der Waals surface area (Å²) < 4.78 is 33.8. The number of esters is 4. The maximum Gasteiger partial charge on any atom is 0.343 e. The Balaban J connectivity index is 1.10. The van der Waals surface area contributed by atoms with Crippen molar-refractivity contribution < 1.29 is 47.6 Å². The summed E-state index contributed by atoms with van der Waals surface area (Å²) in [6, 6.07) is 43.7. The zero-order valence-corrected chi connectivity index (χ0v) is 33.8. The van der Waals surface area contributed by atoms with E-state index in [1.807, 2.05) is 60.7 Å².